The van der Waals surface area contributed by atoms with E-state index in [-0.39, 0.29) is 5.91 Å². The molecule has 0 fully saturated rings. The van der Waals surface area contributed by atoms with Gasteiger partial charge in [0, 0.05) is 12.7 Å². The van der Waals surface area contributed by atoms with Crippen LogP contribution in [-0.2, 0) is 11.2 Å². The van der Waals surface area contributed by atoms with Gasteiger partial charge in [0.2, 0.25) is 5.91 Å². The zero-order valence-electron chi connectivity index (χ0n) is 10.9. The Morgan fingerprint density at radius 2 is 1.89 bits per heavy atom. The summed E-state index contributed by atoms with van der Waals surface area (Å²) in [5.74, 6) is 0.766. The summed E-state index contributed by atoms with van der Waals surface area (Å²) >= 11 is 0. The third-order valence-corrected chi connectivity index (χ3v) is 3.13. The van der Waals surface area contributed by atoms with Crippen LogP contribution < -0.4 is 4.90 Å². The smallest absolute Gasteiger partial charge is 0.234 e. The molecule has 0 aliphatic carbocycles. The summed E-state index contributed by atoms with van der Waals surface area (Å²) in [5.41, 5.74) is 3.04. The molecule has 0 bridgehead atoms. The van der Waals surface area contributed by atoms with Gasteiger partial charge in [-0.3, -0.25) is 4.79 Å². The van der Waals surface area contributed by atoms with E-state index >= 15 is 0 Å². The molecule has 0 atom stereocenters. The van der Waals surface area contributed by atoms with Gasteiger partial charge in [-0.1, -0.05) is 18.2 Å². The average Bonchev–Trinajstić information content (AvgIpc) is 2.75. The van der Waals surface area contributed by atoms with Crippen LogP contribution in [0.2, 0.25) is 0 Å². The maximum Gasteiger partial charge on any atom is 0.234 e. The van der Waals surface area contributed by atoms with Crippen molar-refractivity contribution in [3.05, 3.63) is 53.5 Å². The molecule has 0 saturated heterocycles. The molecule has 0 radical (unpaired) electrons. The molecule has 18 heavy (non-hydrogen) atoms. The first-order valence-corrected chi connectivity index (χ1v) is 5.94. The van der Waals surface area contributed by atoms with E-state index < -0.39 is 0 Å². The largest absolute Gasteiger partial charge is 0.469 e. The van der Waals surface area contributed by atoms with Gasteiger partial charge in [-0.15, -0.1) is 0 Å². The van der Waals surface area contributed by atoms with Crippen LogP contribution in [0.15, 0.2) is 41.0 Å². The van der Waals surface area contributed by atoms with Gasteiger partial charge in [0.15, 0.2) is 0 Å². The quantitative estimate of drug-likeness (QED) is 0.830. The van der Waals surface area contributed by atoms with Gasteiger partial charge in [-0.05, 0) is 37.1 Å². The van der Waals surface area contributed by atoms with Gasteiger partial charge in [-0.25, -0.2) is 0 Å². The van der Waals surface area contributed by atoms with E-state index in [1.54, 1.807) is 18.2 Å². The second-order valence-corrected chi connectivity index (χ2v) is 4.44. The predicted octanol–water partition coefficient (Wildman–Crippen LogP) is 3.10. The number of carbonyl (C=O) groups is 1. The van der Waals surface area contributed by atoms with Crippen LogP contribution in [-0.4, -0.2) is 13.0 Å². The first kappa shape index (κ1) is 12.4. The Hall–Kier alpha value is -2.03. The lowest BCUT2D eigenvalue weighted by atomic mass is 10.1. The van der Waals surface area contributed by atoms with Crippen molar-refractivity contribution in [3.63, 3.8) is 0 Å². The van der Waals surface area contributed by atoms with E-state index in [2.05, 4.69) is 0 Å². The molecule has 1 heterocycles. The fraction of sp³-hybridized carbons (Fsp3) is 0.267. The Morgan fingerprint density at radius 1 is 1.17 bits per heavy atom. The molecular formula is C15H17NO2. The molecule has 1 aromatic carbocycles. The summed E-state index contributed by atoms with van der Waals surface area (Å²) in [7, 11) is 1.79. The van der Waals surface area contributed by atoms with Crippen molar-refractivity contribution in [1.29, 1.82) is 0 Å². The molecule has 0 spiro atoms. The Bertz CT molecular complexity index is 557. The highest BCUT2D eigenvalue weighted by Crippen LogP contribution is 2.19. The van der Waals surface area contributed by atoms with Crippen LogP contribution in [0.3, 0.4) is 0 Å². The monoisotopic (exact) mass is 243 g/mol. The highest BCUT2D eigenvalue weighted by Gasteiger charge is 2.15. The normalized spacial score (nSPS) is 10.4. The SMILES string of the molecule is Cc1ccccc1N(C)C(=O)Cc1occc1C. The Morgan fingerprint density at radius 3 is 2.50 bits per heavy atom. The topological polar surface area (TPSA) is 33.5 Å². The highest BCUT2D eigenvalue weighted by atomic mass is 16.3. The minimum Gasteiger partial charge on any atom is -0.469 e. The molecule has 1 amide bonds. The molecule has 94 valence electrons. The van der Waals surface area contributed by atoms with Gasteiger partial charge >= 0.3 is 0 Å². The number of benzene rings is 1. The Labute approximate surface area is 107 Å². The fourth-order valence-electron chi connectivity index (χ4n) is 1.92. The molecule has 3 heteroatoms. The Kier molecular flexibility index (Phi) is 3.51. The molecule has 2 rings (SSSR count). The van der Waals surface area contributed by atoms with Crippen LogP contribution in [0.25, 0.3) is 0 Å². The van der Waals surface area contributed by atoms with Gasteiger partial charge in [0.05, 0.1) is 12.7 Å². The molecule has 0 aliphatic heterocycles. The number of nitrogens with zero attached hydrogens (tertiary/aromatic N) is 1. The van der Waals surface area contributed by atoms with Gasteiger partial charge in [-0.2, -0.15) is 0 Å². The number of likely N-dealkylation sites (N-methyl/N-ethyl adjacent to an activating group) is 1. The molecular weight excluding hydrogens is 226 g/mol. The lowest BCUT2D eigenvalue weighted by Crippen LogP contribution is -2.28. The van der Waals surface area contributed by atoms with Crippen molar-refractivity contribution in [2.75, 3.05) is 11.9 Å². The summed E-state index contributed by atoms with van der Waals surface area (Å²) in [6.45, 7) is 3.94. The summed E-state index contributed by atoms with van der Waals surface area (Å²) in [6.07, 6.45) is 1.91. The first-order chi connectivity index (χ1) is 8.59. The van der Waals surface area contributed by atoms with Crippen molar-refractivity contribution >= 4 is 11.6 Å². The van der Waals surface area contributed by atoms with Gasteiger partial charge in [0.25, 0.3) is 0 Å². The van der Waals surface area contributed by atoms with Crippen LogP contribution in [0.4, 0.5) is 5.69 Å². The number of amides is 1. The van der Waals surface area contributed by atoms with Crippen molar-refractivity contribution in [3.8, 4) is 0 Å². The first-order valence-electron chi connectivity index (χ1n) is 5.94. The second-order valence-electron chi connectivity index (χ2n) is 4.44. The van der Waals surface area contributed by atoms with Gasteiger partial charge < -0.3 is 9.32 Å². The van der Waals surface area contributed by atoms with E-state index in [4.69, 9.17) is 4.42 Å². The minimum absolute atomic E-state index is 0.0300. The molecule has 0 unspecified atom stereocenters. The standard InChI is InChI=1S/C15H17NO2/c1-11-6-4-5-7-13(11)16(3)15(17)10-14-12(2)8-9-18-14/h4-9H,10H2,1-3H3. The minimum atomic E-state index is 0.0300. The number of anilines is 1. The number of hydrogen-bond acceptors (Lipinski definition) is 2. The van der Waals surface area contributed by atoms with Crippen LogP contribution in [0, 0.1) is 13.8 Å². The maximum absolute atomic E-state index is 12.2. The highest BCUT2D eigenvalue weighted by molar-refractivity contribution is 5.94. The third-order valence-electron chi connectivity index (χ3n) is 3.13. The molecule has 1 aromatic heterocycles. The molecule has 0 saturated carbocycles. The number of aryl methyl sites for hydroxylation is 2. The molecule has 3 nitrogen and oxygen atoms in total. The van der Waals surface area contributed by atoms with Gasteiger partial charge in [0.1, 0.15) is 5.76 Å². The number of rotatable bonds is 3. The lowest BCUT2D eigenvalue weighted by molar-refractivity contribution is -0.117. The van der Waals surface area contributed by atoms with E-state index in [0.29, 0.717) is 6.42 Å². The second kappa shape index (κ2) is 5.08. The van der Waals surface area contributed by atoms with E-state index in [1.807, 2.05) is 44.2 Å². The third kappa shape index (κ3) is 2.45. The van der Waals surface area contributed by atoms with Crippen molar-refractivity contribution < 1.29 is 9.21 Å². The molecule has 0 aliphatic rings. The van der Waals surface area contributed by atoms with Crippen LogP contribution in [0.1, 0.15) is 16.9 Å². The summed E-state index contributed by atoms with van der Waals surface area (Å²) in [5, 5.41) is 0. The van der Waals surface area contributed by atoms with E-state index in [9.17, 15) is 4.79 Å². The maximum atomic E-state index is 12.2. The average molecular weight is 243 g/mol. The fourth-order valence-corrected chi connectivity index (χ4v) is 1.92. The summed E-state index contributed by atoms with van der Waals surface area (Å²) < 4.78 is 5.30. The van der Waals surface area contributed by atoms with E-state index in [0.717, 1.165) is 22.6 Å². The Balaban J connectivity index is 2.15. The van der Waals surface area contributed by atoms with E-state index in [1.165, 1.54) is 0 Å². The van der Waals surface area contributed by atoms with Crippen molar-refractivity contribution in [1.82, 2.24) is 0 Å². The van der Waals surface area contributed by atoms with Crippen molar-refractivity contribution in [2.24, 2.45) is 0 Å². The van der Waals surface area contributed by atoms with Crippen molar-refractivity contribution in [2.45, 2.75) is 20.3 Å². The number of hydrogen-bond donors (Lipinski definition) is 0. The number of furan rings is 1. The lowest BCUT2D eigenvalue weighted by Gasteiger charge is -2.19. The van der Waals surface area contributed by atoms with Crippen LogP contribution in [0.5, 0.6) is 0 Å². The molecule has 0 N–H and O–H groups in total. The number of para-hydroxylation sites is 1. The predicted molar refractivity (Wildman–Crippen MR) is 71.7 cm³/mol. The zero-order chi connectivity index (χ0) is 13.1. The zero-order valence-corrected chi connectivity index (χ0v) is 10.9. The summed E-state index contributed by atoms with van der Waals surface area (Å²) in [6, 6.07) is 9.72. The van der Waals surface area contributed by atoms with Crippen LogP contribution >= 0.6 is 0 Å². The molecule has 2 aromatic rings. The number of carbonyl (C=O) groups excluding carboxylic acids is 1. The summed E-state index contributed by atoms with van der Waals surface area (Å²) in [4.78, 5) is 13.9.